The number of carbonyl (C=O) groups excluding carboxylic acids is 1. The third-order valence-electron chi connectivity index (χ3n) is 3.45. The van der Waals surface area contributed by atoms with E-state index in [1.165, 1.54) is 0 Å². The zero-order valence-electron chi connectivity index (χ0n) is 12.7. The molecule has 9 heteroatoms. The summed E-state index contributed by atoms with van der Waals surface area (Å²) in [5.74, 6) is -0.171. The van der Waals surface area contributed by atoms with Crippen LogP contribution in [0.4, 0.5) is 0 Å². The highest BCUT2D eigenvalue weighted by atomic mass is 32.1. The largest absolute Gasteiger partial charge is 0.546 e. The predicted molar refractivity (Wildman–Crippen MR) is 85.3 cm³/mol. The fourth-order valence-electron chi connectivity index (χ4n) is 2.32. The number of aromatic nitrogens is 3. The van der Waals surface area contributed by atoms with Gasteiger partial charge in [-0.05, 0) is 54.9 Å². The molecule has 1 aromatic heterocycles. The smallest absolute Gasteiger partial charge is 0.216 e. The van der Waals surface area contributed by atoms with E-state index in [9.17, 15) is 9.90 Å². The molecule has 0 saturated carbocycles. The predicted octanol–water partition coefficient (Wildman–Crippen LogP) is 0.803. The first-order valence-corrected chi connectivity index (χ1v) is 7.80. The molecule has 1 aromatic carbocycles. The van der Waals surface area contributed by atoms with Crippen LogP contribution in [0, 0.1) is 4.77 Å². The van der Waals surface area contributed by atoms with Crippen molar-refractivity contribution in [2.45, 2.75) is 18.9 Å². The molecule has 1 fully saturated rings. The van der Waals surface area contributed by atoms with E-state index in [1.54, 1.807) is 35.2 Å². The maximum Gasteiger partial charge on any atom is 0.216 e. The highest BCUT2D eigenvalue weighted by Crippen LogP contribution is 2.26. The van der Waals surface area contributed by atoms with Gasteiger partial charge in [0.2, 0.25) is 4.77 Å². The van der Waals surface area contributed by atoms with Gasteiger partial charge in [0.05, 0.1) is 12.2 Å². The summed E-state index contributed by atoms with van der Waals surface area (Å²) < 4.78 is 12.6. The van der Waals surface area contributed by atoms with Crippen molar-refractivity contribution in [1.82, 2.24) is 14.9 Å². The molecule has 0 spiro atoms. The first-order chi connectivity index (χ1) is 11.6. The Balaban J connectivity index is 1.73. The fourth-order valence-corrected chi connectivity index (χ4v) is 2.51. The van der Waals surface area contributed by atoms with Gasteiger partial charge in [0.1, 0.15) is 18.5 Å². The molecule has 0 aliphatic carbocycles. The number of carboxylic acid groups (broad SMARTS) is 1. The zero-order valence-corrected chi connectivity index (χ0v) is 13.5. The maximum atomic E-state index is 10.4. The van der Waals surface area contributed by atoms with Crippen LogP contribution in [0.1, 0.15) is 30.3 Å². The summed E-state index contributed by atoms with van der Waals surface area (Å²) in [6, 6.07) is 6.81. The monoisotopic (exact) mass is 347 g/mol. The Labute approximate surface area is 142 Å². The van der Waals surface area contributed by atoms with Crippen LogP contribution >= 0.6 is 12.2 Å². The average Bonchev–Trinajstić information content (AvgIpc) is 3.21. The minimum atomic E-state index is -1.27. The van der Waals surface area contributed by atoms with Gasteiger partial charge in [-0.15, -0.1) is 0 Å². The number of carbonyl (C=O) groups is 1. The second-order valence-corrected chi connectivity index (χ2v) is 5.56. The van der Waals surface area contributed by atoms with Gasteiger partial charge in [-0.3, -0.25) is 5.10 Å². The van der Waals surface area contributed by atoms with Gasteiger partial charge < -0.3 is 19.4 Å². The quantitative estimate of drug-likeness (QED) is 0.612. The molecule has 2 heterocycles. The van der Waals surface area contributed by atoms with E-state index in [1.807, 2.05) is 0 Å². The molecule has 24 heavy (non-hydrogen) atoms. The van der Waals surface area contributed by atoms with Gasteiger partial charge in [-0.1, -0.05) is 0 Å². The molecule has 1 saturated heterocycles. The third-order valence-corrected chi connectivity index (χ3v) is 3.72. The number of carboxylic acids is 1. The SMILES string of the molecule is O=C([O-])COc1ccc(/C=N\n2c([C@@H]3CCCO3)n[nH]c2=S)cc1. The number of nitrogens with one attached hydrogen (secondary N) is 1. The number of H-pyrrole nitrogens is 1. The van der Waals surface area contributed by atoms with E-state index in [0.717, 1.165) is 18.4 Å². The number of benzene rings is 1. The summed E-state index contributed by atoms with van der Waals surface area (Å²) in [6.07, 6.45) is 3.41. The zero-order chi connectivity index (χ0) is 16.9. The Morgan fingerprint density at radius 3 is 3.00 bits per heavy atom. The lowest BCUT2D eigenvalue weighted by molar-refractivity contribution is -0.307. The molecule has 0 radical (unpaired) electrons. The van der Waals surface area contributed by atoms with Crippen LogP contribution in [-0.2, 0) is 9.53 Å². The van der Waals surface area contributed by atoms with E-state index in [2.05, 4.69) is 15.3 Å². The Morgan fingerprint density at radius 1 is 1.54 bits per heavy atom. The first-order valence-electron chi connectivity index (χ1n) is 7.39. The number of aliphatic carboxylic acids is 1. The van der Waals surface area contributed by atoms with E-state index in [4.69, 9.17) is 21.7 Å². The normalized spacial score (nSPS) is 17.4. The number of rotatable bonds is 6. The molecule has 0 bridgehead atoms. The molecule has 1 aliphatic heterocycles. The van der Waals surface area contributed by atoms with Crippen molar-refractivity contribution >= 4 is 24.4 Å². The van der Waals surface area contributed by atoms with Gasteiger partial charge in [-0.25, -0.2) is 0 Å². The highest BCUT2D eigenvalue weighted by molar-refractivity contribution is 7.71. The minimum Gasteiger partial charge on any atom is -0.546 e. The second-order valence-electron chi connectivity index (χ2n) is 5.17. The summed E-state index contributed by atoms with van der Waals surface area (Å²) in [5.41, 5.74) is 0.803. The Hall–Kier alpha value is -2.52. The summed E-state index contributed by atoms with van der Waals surface area (Å²) in [5, 5.41) is 21.6. The molecule has 3 rings (SSSR count). The minimum absolute atomic E-state index is 0.101. The number of nitrogens with zero attached hydrogens (tertiary/aromatic N) is 3. The second kappa shape index (κ2) is 7.37. The van der Waals surface area contributed by atoms with Gasteiger partial charge in [0.15, 0.2) is 5.82 Å². The average molecular weight is 347 g/mol. The van der Waals surface area contributed by atoms with Crippen LogP contribution < -0.4 is 9.84 Å². The summed E-state index contributed by atoms with van der Waals surface area (Å²) in [7, 11) is 0. The van der Waals surface area contributed by atoms with Crippen molar-refractivity contribution < 1.29 is 19.4 Å². The molecule has 8 nitrogen and oxygen atoms in total. The van der Waals surface area contributed by atoms with Crippen LogP contribution in [-0.4, -0.2) is 40.3 Å². The van der Waals surface area contributed by atoms with Gasteiger partial charge in [0.25, 0.3) is 0 Å². The van der Waals surface area contributed by atoms with Crippen molar-refractivity contribution in [1.29, 1.82) is 0 Å². The molecule has 1 N–H and O–H groups in total. The van der Waals surface area contributed by atoms with E-state index in [0.29, 0.717) is 23.0 Å². The molecule has 1 aliphatic rings. The van der Waals surface area contributed by atoms with Crippen molar-refractivity contribution in [3.8, 4) is 5.75 Å². The standard InChI is InChI=1S/C15H16N4O4S/c20-13(21)9-23-11-5-3-10(4-6-11)8-16-19-14(17-18-15(19)24)12-2-1-7-22-12/h3-6,8,12H,1-2,7,9H2,(H,18,24)(H,20,21)/p-1/b16-8-/t12-/m0/s1. The van der Waals surface area contributed by atoms with Crippen molar-refractivity contribution in [2.24, 2.45) is 5.10 Å². The van der Waals surface area contributed by atoms with Gasteiger partial charge >= 0.3 is 0 Å². The number of hydrogen-bond donors (Lipinski definition) is 1. The lowest BCUT2D eigenvalue weighted by Gasteiger charge is -2.07. The van der Waals surface area contributed by atoms with Crippen LogP contribution in [0.5, 0.6) is 5.75 Å². The molecule has 1 atom stereocenters. The lowest BCUT2D eigenvalue weighted by Crippen LogP contribution is -2.28. The van der Waals surface area contributed by atoms with Crippen molar-refractivity contribution in [3.63, 3.8) is 0 Å². The maximum absolute atomic E-state index is 10.4. The molecular formula is C15H15N4O4S-. The summed E-state index contributed by atoms with van der Waals surface area (Å²) in [6.45, 7) is 0.226. The molecule has 0 unspecified atom stereocenters. The summed E-state index contributed by atoms with van der Waals surface area (Å²) in [4.78, 5) is 10.4. The third kappa shape index (κ3) is 3.87. The van der Waals surface area contributed by atoms with Crippen LogP contribution in [0.15, 0.2) is 29.4 Å². The number of hydrogen-bond acceptors (Lipinski definition) is 7. The van der Waals surface area contributed by atoms with Crippen molar-refractivity contribution in [2.75, 3.05) is 13.2 Å². The Morgan fingerprint density at radius 2 is 2.33 bits per heavy atom. The first kappa shape index (κ1) is 16.3. The lowest BCUT2D eigenvalue weighted by atomic mass is 10.2. The molecular weight excluding hydrogens is 332 g/mol. The fraction of sp³-hybridized carbons (Fsp3) is 0.333. The van der Waals surface area contributed by atoms with E-state index >= 15 is 0 Å². The number of aromatic amines is 1. The topological polar surface area (TPSA) is 105 Å². The summed E-state index contributed by atoms with van der Waals surface area (Å²) >= 11 is 5.20. The van der Waals surface area contributed by atoms with Gasteiger partial charge in [-0.2, -0.15) is 14.9 Å². The Kier molecular flexibility index (Phi) is 5.02. The van der Waals surface area contributed by atoms with Crippen LogP contribution in [0.3, 0.4) is 0 Å². The van der Waals surface area contributed by atoms with Crippen LogP contribution in [0.2, 0.25) is 0 Å². The molecule has 126 valence electrons. The van der Waals surface area contributed by atoms with Crippen molar-refractivity contribution in [3.05, 3.63) is 40.4 Å². The highest BCUT2D eigenvalue weighted by Gasteiger charge is 2.23. The Bertz CT molecular complexity index is 791. The number of ether oxygens (including phenoxy) is 2. The molecule has 2 aromatic rings. The molecule has 0 amide bonds. The van der Waals surface area contributed by atoms with E-state index < -0.39 is 12.6 Å². The van der Waals surface area contributed by atoms with Crippen LogP contribution in [0.25, 0.3) is 0 Å². The van der Waals surface area contributed by atoms with E-state index in [-0.39, 0.29) is 6.10 Å². The van der Waals surface area contributed by atoms with Gasteiger partial charge in [0, 0.05) is 6.61 Å².